The third kappa shape index (κ3) is 1.50. The monoisotopic (exact) mass is 225 g/mol. The van der Waals surface area contributed by atoms with Crippen molar-refractivity contribution < 1.29 is 8.42 Å². The Hall–Kier alpha value is -1.43. The minimum Gasteiger partial charge on any atom is -0.282 e. The van der Waals surface area contributed by atoms with Crippen molar-refractivity contribution in [2.45, 2.75) is 18.9 Å². The number of hydrogen-bond donors (Lipinski definition) is 1. The summed E-state index contributed by atoms with van der Waals surface area (Å²) in [5.74, 6) is 0.0328. The van der Waals surface area contributed by atoms with Crippen LogP contribution in [0.15, 0.2) is 17.3 Å². The van der Waals surface area contributed by atoms with Crippen molar-refractivity contribution in [3.8, 4) is 0 Å². The molecule has 2 aromatic rings. The van der Waals surface area contributed by atoms with Gasteiger partial charge in [0.2, 0.25) is 0 Å². The van der Waals surface area contributed by atoms with E-state index in [4.69, 9.17) is 0 Å². The van der Waals surface area contributed by atoms with E-state index in [1.165, 1.54) is 6.20 Å². The van der Waals surface area contributed by atoms with Crippen molar-refractivity contribution in [3.05, 3.63) is 18.0 Å². The van der Waals surface area contributed by atoms with E-state index in [-0.39, 0.29) is 10.8 Å². The van der Waals surface area contributed by atoms with Gasteiger partial charge in [0.15, 0.2) is 14.9 Å². The van der Waals surface area contributed by atoms with Crippen LogP contribution in [0.4, 0.5) is 0 Å². The van der Waals surface area contributed by atoms with Gasteiger partial charge in [0.1, 0.15) is 5.52 Å². The zero-order valence-electron chi connectivity index (χ0n) is 8.48. The number of aryl methyl sites for hydroxylation is 1. The van der Waals surface area contributed by atoms with Gasteiger partial charge in [-0.3, -0.25) is 5.10 Å². The van der Waals surface area contributed by atoms with E-state index in [0.29, 0.717) is 5.52 Å². The smallest absolute Gasteiger partial charge is 0.197 e. The Labute approximate surface area is 87.5 Å². The highest BCUT2D eigenvalue weighted by Crippen LogP contribution is 2.21. The molecule has 6 heteroatoms. The highest BCUT2D eigenvalue weighted by atomic mass is 32.2. The van der Waals surface area contributed by atoms with Crippen LogP contribution < -0.4 is 0 Å². The Kier molecular flexibility index (Phi) is 2.22. The highest BCUT2D eigenvalue weighted by molar-refractivity contribution is 7.91. The Balaban J connectivity index is 2.83. The van der Waals surface area contributed by atoms with Gasteiger partial charge < -0.3 is 0 Å². The van der Waals surface area contributed by atoms with Crippen molar-refractivity contribution >= 4 is 20.7 Å². The maximum absolute atomic E-state index is 11.7. The minimum atomic E-state index is -3.31. The van der Waals surface area contributed by atoms with Gasteiger partial charge in [-0.25, -0.2) is 13.4 Å². The second-order valence-electron chi connectivity index (χ2n) is 3.26. The largest absolute Gasteiger partial charge is 0.282 e. The van der Waals surface area contributed by atoms with Crippen LogP contribution in [-0.2, 0) is 9.84 Å². The highest BCUT2D eigenvalue weighted by Gasteiger charge is 2.19. The first-order chi connectivity index (χ1) is 7.06. The molecule has 80 valence electrons. The molecule has 0 fully saturated rings. The van der Waals surface area contributed by atoms with Crippen LogP contribution in [0.25, 0.3) is 10.9 Å². The van der Waals surface area contributed by atoms with E-state index >= 15 is 0 Å². The number of pyridine rings is 1. The fourth-order valence-corrected chi connectivity index (χ4v) is 2.35. The molecule has 15 heavy (non-hydrogen) atoms. The van der Waals surface area contributed by atoms with Gasteiger partial charge in [0, 0.05) is 17.3 Å². The normalized spacial score (nSPS) is 12.1. The van der Waals surface area contributed by atoms with Crippen LogP contribution in [0.1, 0.15) is 12.6 Å². The molecule has 0 aliphatic carbocycles. The van der Waals surface area contributed by atoms with E-state index in [0.717, 1.165) is 11.1 Å². The average molecular weight is 225 g/mol. The maximum Gasteiger partial charge on any atom is 0.197 e. The van der Waals surface area contributed by atoms with Gasteiger partial charge in [-0.1, -0.05) is 6.92 Å². The van der Waals surface area contributed by atoms with Gasteiger partial charge >= 0.3 is 0 Å². The first-order valence-electron chi connectivity index (χ1n) is 4.58. The number of hydrogen-bond acceptors (Lipinski definition) is 4. The number of nitrogens with one attached hydrogen (secondary N) is 1. The van der Waals surface area contributed by atoms with Crippen molar-refractivity contribution in [1.29, 1.82) is 0 Å². The predicted octanol–water partition coefficient (Wildman–Crippen LogP) is 1.06. The molecule has 0 atom stereocenters. The lowest BCUT2D eigenvalue weighted by Gasteiger charge is -2.00. The van der Waals surface area contributed by atoms with Crippen LogP contribution in [0.5, 0.6) is 0 Å². The second kappa shape index (κ2) is 3.30. The molecule has 0 aliphatic rings. The molecule has 2 heterocycles. The molecule has 0 unspecified atom stereocenters. The predicted molar refractivity (Wildman–Crippen MR) is 56.4 cm³/mol. The summed E-state index contributed by atoms with van der Waals surface area (Å²) in [4.78, 5) is 3.89. The minimum absolute atomic E-state index is 0.0328. The number of sulfone groups is 1. The molecule has 1 N–H and O–H groups in total. The van der Waals surface area contributed by atoms with Crippen LogP contribution in [0.2, 0.25) is 0 Å². The molecule has 0 saturated heterocycles. The summed E-state index contributed by atoms with van der Waals surface area (Å²) in [5, 5.41) is 7.59. The summed E-state index contributed by atoms with van der Waals surface area (Å²) in [6, 6.07) is 1.75. The summed E-state index contributed by atoms with van der Waals surface area (Å²) < 4.78 is 23.4. The molecule has 0 aromatic carbocycles. The molecule has 0 spiro atoms. The zero-order valence-corrected chi connectivity index (χ0v) is 9.30. The van der Waals surface area contributed by atoms with Crippen molar-refractivity contribution in [3.63, 3.8) is 0 Å². The Morgan fingerprint density at radius 1 is 1.47 bits per heavy atom. The molecule has 2 aromatic heterocycles. The van der Waals surface area contributed by atoms with Crippen LogP contribution in [0.3, 0.4) is 0 Å². The van der Waals surface area contributed by atoms with Gasteiger partial charge in [-0.2, -0.15) is 5.10 Å². The maximum atomic E-state index is 11.7. The van der Waals surface area contributed by atoms with Crippen molar-refractivity contribution in [1.82, 2.24) is 15.2 Å². The SMILES string of the molecule is CCS(=O)(=O)c1nccc2c(C)[nH]nc12. The second-order valence-corrected chi connectivity index (χ2v) is 5.46. The van der Waals surface area contributed by atoms with E-state index in [1.807, 2.05) is 6.92 Å². The van der Waals surface area contributed by atoms with Crippen molar-refractivity contribution in [2.75, 3.05) is 5.75 Å². The summed E-state index contributed by atoms with van der Waals surface area (Å²) in [5.41, 5.74) is 1.27. The summed E-state index contributed by atoms with van der Waals surface area (Å²) in [6.07, 6.45) is 1.49. The lowest BCUT2D eigenvalue weighted by Crippen LogP contribution is -2.06. The molecule has 0 saturated carbocycles. The number of aromatic nitrogens is 3. The van der Waals surface area contributed by atoms with Crippen molar-refractivity contribution in [2.24, 2.45) is 0 Å². The molecular weight excluding hydrogens is 214 g/mol. The third-order valence-electron chi connectivity index (χ3n) is 2.30. The molecule has 2 rings (SSSR count). The van der Waals surface area contributed by atoms with Crippen LogP contribution in [-0.4, -0.2) is 29.4 Å². The first-order valence-corrected chi connectivity index (χ1v) is 6.24. The molecule has 0 aliphatic heterocycles. The summed E-state index contributed by atoms with van der Waals surface area (Å²) in [7, 11) is -3.31. The van der Waals surface area contributed by atoms with E-state index in [2.05, 4.69) is 15.2 Å². The van der Waals surface area contributed by atoms with E-state index in [1.54, 1.807) is 13.0 Å². The third-order valence-corrected chi connectivity index (χ3v) is 3.95. The zero-order chi connectivity index (χ0) is 11.1. The number of H-pyrrole nitrogens is 1. The van der Waals surface area contributed by atoms with Crippen LogP contribution in [0, 0.1) is 6.92 Å². The van der Waals surface area contributed by atoms with E-state index in [9.17, 15) is 8.42 Å². The van der Waals surface area contributed by atoms with Gasteiger partial charge in [-0.15, -0.1) is 0 Å². The summed E-state index contributed by atoms with van der Waals surface area (Å²) in [6.45, 7) is 3.44. The molecule has 0 bridgehead atoms. The fraction of sp³-hybridized carbons (Fsp3) is 0.333. The standard InChI is InChI=1S/C9H11N3O2S/c1-3-15(13,14)9-8-7(4-5-10-9)6(2)11-12-8/h4-5H,3H2,1-2H3,(H,11,12). The Bertz CT molecular complexity index is 601. The quantitative estimate of drug-likeness (QED) is 0.829. The molecule has 0 radical (unpaired) electrons. The van der Waals surface area contributed by atoms with Crippen LogP contribution >= 0.6 is 0 Å². The number of nitrogens with zero attached hydrogens (tertiary/aromatic N) is 2. The molecular formula is C9H11N3O2S. The average Bonchev–Trinajstić information content (AvgIpc) is 2.60. The Morgan fingerprint density at radius 2 is 2.20 bits per heavy atom. The van der Waals surface area contributed by atoms with Gasteiger partial charge in [0.25, 0.3) is 0 Å². The Morgan fingerprint density at radius 3 is 2.87 bits per heavy atom. The lowest BCUT2D eigenvalue weighted by atomic mass is 10.3. The summed E-state index contributed by atoms with van der Waals surface area (Å²) >= 11 is 0. The number of rotatable bonds is 2. The first kappa shape index (κ1) is 10.1. The van der Waals surface area contributed by atoms with Gasteiger partial charge in [-0.05, 0) is 13.0 Å². The topological polar surface area (TPSA) is 75.7 Å². The number of fused-ring (bicyclic) bond motifs is 1. The lowest BCUT2D eigenvalue weighted by molar-refractivity contribution is 0.594. The fourth-order valence-electron chi connectivity index (χ4n) is 1.41. The molecule has 5 nitrogen and oxygen atoms in total. The number of aromatic amines is 1. The van der Waals surface area contributed by atoms with Gasteiger partial charge in [0.05, 0.1) is 5.75 Å². The van der Waals surface area contributed by atoms with E-state index < -0.39 is 9.84 Å². The molecule has 0 amide bonds.